The number of carbonyl (C=O) groups excluding carboxylic acids is 2. The van der Waals surface area contributed by atoms with Crippen molar-refractivity contribution in [1.82, 2.24) is 10.3 Å². The van der Waals surface area contributed by atoms with Gasteiger partial charge in [0.1, 0.15) is 6.61 Å². The van der Waals surface area contributed by atoms with Crippen LogP contribution in [0.4, 0.5) is 5.69 Å². The molecule has 0 spiro atoms. The van der Waals surface area contributed by atoms with E-state index in [1.807, 2.05) is 24.4 Å². The van der Waals surface area contributed by atoms with Crippen molar-refractivity contribution in [1.29, 1.82) is 0 Å². The number of amides is 2. The predicted octanol–water partition coefficient (Wildman–Crippen LogP) is 4.17. The number of carbonyl (C=O) groups is 2. The van der Waals surface area contributed by atoms with Gasteiger partial charge in [-0.2, -0.15) is 0 Å². The molecule has 0 aliphatic rings. The van der Waals surface area contributed by atoms with Gasteiger partial charge < -0.3 is 20.1 Å². The lowest BCUT2D eigenvalue weighted by Gasteiger charge is -2.12. The lowest BCUT2D eigenvalue weighted by molar-refractivity contribution is -0.115. The van der Waals surface area contributed by atoms with Crippen LogP contribution in [0, 0.1) is 6.92 Å². The minimum Gasteiger partial charge on any atom is -0.493 e. The van der Waals surface area contributed by atoms with Gasteiger partial charge in [0.25, 0.3) is 5.91 Å². The summed E-state index contributed by atoms with van der Waals surface area (Å²) >= 11 is 4.91. The first-order valence-electron chi connectivity index (χ1n) is 8.98. The molecule has 0 saturated carbocycles. The van der Waals surface area contributed by atoms with E-state index in [9.17, 15) is 9.59 Å². The molecule has 30 heavy (non-hydrogen) atoms. The molecule has 0 aliphatic carbocycles. The molecule has 1 aromatic heterocycles. The maximum Gasteiger partial charge on any atom is 0.251 e. The number of ether oxygens (including phenoxy) is 2. The third kappa shape index (κ3) is 5.80. The van der Waals surface area contributed by atoms with Crippen LogP contribution in [-0.4, -0.2) is 30.5 Å². The second-order valence-corrected chi connectivity index (χ2v) is 7.90. The summed E-state index contributed by atoms with van der Waals surface area (Å²) in [6.45, 7) is 2.08. The van der Waals surface area contributed by atoms with Gasteiger partial charge >= 0.3 is 0 Å². The Labute approximate surface area is 186 Å². The second-order valence-electron chi connectivity index (χ2n) is 6.33. The molecule has 2 amide bonds. The van der Waals surface area contributed by atoms with E-state index in [1.54, 1.807) is 29.8 Å². The summed E-state index contributed by atoms with van der Waals surface area (Å²) in [7, 11) is 1.50. The zero-order valence-electron chi connectivity index (χ0n) is 16.4. The Morgan fingerprint density at radius 1 is 1.17 bits per heavy atom. The zero-order valence-corrected chi connectivity index (χ0v) is 18.8. The van der Waals surface area contributed by atoms with E-state index < -0.39 is 0 Å². The van der Waals surface area contributed by atoms with Crippen molar-refractivity contribution in [2.45, 2.75) is 13.5 Å². The summed E-state index contributed by atoms with van der Waals surface area (Å²) in [6.07, 6.45) is 0. The van der Waals surface area contributed by atoms with E-state index in [1.165, 1.54) is 18.4 Å². The fraction of sp³-hybridized carbons (Fsp3) is 0.190. The molecule has 3 rings (SSSR count). The number of benzene rings is 2. The molecule has 0 atom stereocenters. The highest BCUT2D eigenvalue weighted by atomic mass is 79.9. The van der Waals surface area contributed by atoms with E-state index in [2.05, 4.69) is 31.5 Å². The van der Waals surface area contributed by atoms with Crippen LogP contribution in [0.1, 0.15) is 21.6 Å². The number of hydrogen-bond acceptors (Lipinski definition) is 6. The minimum absolute atomic E-state index is 0.154. The number of halogens is 1. The number of anilines is 1. The Morgan fingerprint density at radius 3 is 2.70 bits per heavy atom. The summed E-state index contributed by atoms with van der Waals surface area (Å²) in [5.41, 5.74) is 4.58. The monoisotopic (exact) mass is 489 g/mol. The quantitative estimate of drug-likeness (QED) is 0.495. The molecule has 156 valence electrons. The van der Waals surface area contributed by atoms with Gasteiger partial charge in [0.2, 0.25) is 5.91 Å². The third-order valence-electron chi connectivity index (χ3n) is 4.14. The van der Waals surface area contributed by atoms with E-state index in [-0.39, 0.29) is 18.4 Å². The Morgan fingerprint density at radius 2 is 2.00 bits per heavy atom. The molecule has 3 aromatic rings. The van der Waals surface area contributed by atoms with Gasteiger partial charge in [0.05, 0.1) is 24.9 Å². The molecule has 2 aromatic carbocycles. The van der Waals surface area contributed by atoms with E-state index in [0.717, 1.165) is 15.7 Å². The fourth-order valence-electron chi connectivity index (χ4n) is 2.58. The summed E-state index contributed by atoms with van der Waals surface area (Å²) in [6, 6.07) is 10.3. The highest BCUT2D eigenvalue weighted by molar-refractivity contribution is 9.10. The van der Waals surface area contributed by atoms with Crippen molar-refractivity contribution in [3.63, 3.8) is 0 Å². The van der Waals surface area contributed by atoms with Crippen LogP contribution in [0.25, 0.3) is 0 Å². The largest absolute Gasteiger partial charge is 0.493 e. The van der Waals surface area contributed by atoms with Crippen LogP contribution in [0.5, 0.6) is 11.5 Å². The van der Waals surface area contributed by atoms with Gasteiger partial charge in [-0.3, -0.25) is 9.59 Å². The predicted molar refractivity (Wildman–Crippen MR) is 119 cm³/mol. The molecule has 0 unspecified atom stereocenters. The van der Waals surface area contributed by atoms with Gasteiger partial charge in [-0.05, 0) is 48.9 Å². The molecule has 9 heteroatoms. The smallest absolute Gasteiger partial charge is 0.251 e. The third-order valence-corrected chi connectivity index (χ3v) is 5.66. The van der Waals surface area contributed by atoms with Crippen LogP contribution in [0.3, 0.4) is 0 Å². The Balaban J connectivity index is 1.56. The first-order chi connectivity index (χ1) is 14.5. The topological polar surface area (TPSA) is 89.5 Å². The van der Waals surface area contributed by atoms with E-state index >= 15 is 0 Å². The molecular weight excluding hydrogens is 470 g/mol. The first-order valence-corrected chi connectivity index (χ1v) is 10.7. The fourth-order valence-corrected chi connectivity index (χ4v) is 3.37. The first kappa shape index (κ1) is 21.8. The molecule has 2 N–H and O–H groups in total. The van der Waals surface area contributed by atoms with E-state index in [4.69, 9.17) is 9.47 Å². The van der Waals surface area contributed by atoms with Crippen molar-refractivity contribution in [3.8, 4) is 11.5 Å². The number of nitrogens with one attached hydrogen (secondary N) is 2. The van der Waals surface area contributed by atoms with Gasteiger partial charge in [-0.15, -0.1) is 11.3 Å². The second kappa shape index (κ2) is 10.2. The Kier molecular flexibility index (Phi) is 7.42. The van der Waals surface area contributed by atoms with Crippen molar-refractivity contribution in [3.05, 3.63) is 68.6 Å². The highest BCUT2D eigenvalue weighted by Crippen LogP contribution is 2.29. The number of rotatable bonds is 8. The average Bonchev–Trinajstić information content (AvgIpc) is 3.26. The minimum atomic E-state index is -0.388. The summed E-state index contributed by atoms with van der Waals surface area (Å²) in [4.78, 5) is 28.7. The maximum atomic E-state index is 12.4. The summed E-state index contributed by atoms with van der Waals surface area (Å²) < 4.78 is 12.0. The van der Waals surface area contributed by atoms with Crippen LogP contribution < -0.4 is 20.1 Å². The number of aromatic nitrogens is 1. The Hall–Kier alpha value is -2.91. The van der Waals surface area contributed by atoms with Crippen LogP contribution >= 0.6 is 27.3 Å². The number of methoxy groups -OCH3 is 1. The number of nitrogens with zero attached hydrogens (tertiary/aromatic N) is 1. The normalized spacial score (nSPS) is 10.4. The summed E-state index contributed by atoms with van der Waals surface area (Å²) in [5, 5.41) is 7.26. The molecule has 0 radical (unpaired) electrons. The lowest BCUT2D eigenvalue weighted by Crippen LogP contribution is -2.32. The molecule has 7 nitrogen and oxygen atoms in total. The van der Waals surface area contributed by atoms with Gasteiger partial charge in [0.15, 0.2) is 11.5 Å². The van der Waals surface area contributed by atoms with Crippen molar-refractivity contribution < 1.29 is 19.1 Å². The number of aryl methyl sites for hydroxylation is 1. The molecule has 0 saturated heterocycles. The zero-order chi connectivity index (χ0) is 21.5. The lowest BCUT2D eigenvalue weighted by atomic mass is 10.2. The summed E-state index contributed by atoms with van der Waals surface area (Å²) in [5.74, 6) is 0.222. The van der Waals surface area contributed by atoms with E-state index in [0.29, 0.717) is 29.4 Å². The standard InChI is InChI=1S/C21H20BrN3O4S/c1-13-7-15(4-5-17(13)22)25-20(26)9-23-21(27)14-3-6-18(19(8-14)28-2)29-10-16-11-30-12-24-16/h3-8,11-12H,9-10H2,1-2H3,(H,23,27)(H,25,26). The SMILES string of the molecule is COc1cc(C(=O)NCC(=O)Nc2ccc(Br)c(C)c2)ccc1OCc1cscn1. The average molecular weight is 490 g/mol. The molecule has 0 bridgehead atoms. The van der Waals surface area contributed by atoms with Crippen LogP contribution in [0.2, 0.25) is 0 Å². The number of thiazole rings is 1. The van der Waals surface area contributed by atoms with Gasteiger partial charge in [-0.25, -0.2) is 4.98 Å². The highest BCUT2D eigenvalue weighted by Gasteiger charge is 2.13. The number of hydrogen-bond donors (Lipinski definition) is 2. The van der Waals surface area contributed by atoms with Crippen molar-refractivity contribution in [2.75, 3.05) is 19.0 Å². The van der Waals surface area contributed by atoms with Gasteiger partial charge in [-0.1, -0.05) is 15.9 Å². The van der Waals surface area contributed by atoms with Crippen molar-refractivity contribution >= 4 is 44.8 Å². The molecule has 1 heterocycles. The van der Waals surface area contributed by atoms with Crippen LogP contribution in [-0.2, 0) is 11.4 Å². The van der Waals surface area contributed by atoms with Gasteiger partial charge in [0, 0.05) is 21.1 Å². The molecule has 0 aliphatic heterocycles. The Bertz CT molecular complexity index is 1040. The molecular formula is C21H20BrN3O4S. The van der Waals surface area contributed by atoms with Crippen molar-refractivity contribution in [2.24, 2.45) is 0 Å². The van der Waals surface area contributed by atoms with Crippen LogP contribution in [0.15, 0.2) is 51.8 Å². The maximum absolute atomic E-state index is 12.4. The molecule has 0 fully saturated rings.